The lowest BCUT2D eigenvalue weighted by Crippen LogP contribution is -2.26. The molecule has 2 aliphatic heterocycles. The molecule has 2 rings (SSSR count). The summed E-state index contributed by atoms with van der Waals surface area (Å²) in [6, 6.07) is 0.476. The smallest absolute Gasteiger partial charge is 0.130 e. The van der Waals surface area contributed by atoms with E-state index in [-0.39, 0.29) is 0 Å². The maximum Gasteiger partial charge on any atom is 0.130 e. The van der Waals surface area contributed by atoms with Gasteiger partial charge in [0.1, 0.15) is 5.44 Å². The highest BCUT2D eigenvalue weighted by Gasteiger charge is 2.28. The van der Waals surface area contributed by atoms with Crippen molar-refractivity contribution in [3.8, 4) is 0 Å². The molecule has 0 saturated carbocycles. The molecule has 1 fully saturated rings. The highest BCUT2D eigenvalue weighted by molar-refractivity contribution is 8.12. The number of ether oxygens (including phenoxy) is 1. The molecule has 0 amide bonds. The summed E-state index contributed by atoms with van der Waals surface area (Å²) >= 11 is 1.71. The van der Waals surface area contributed by atoms with Gasteiger partial charge in [0.05, 0.1) is 11.6 Å². The molecule has 2 heterocycles. The van der Waals surface area contributed by atoms with Crippen LogP contribution >= 0.6 is 11.8 Å². The zero-order valence-electron chi connectivity index (χ0n) is 5.12. The number of nitrogens with zero attached hydrogens (tertiary/aromatic N) is 1. The lowest BCUT2D eigenvalue weighted by Gasteiger charge is -2.22. The molecule has 0 bridgehead atoms. The van der Waals surface area contributed by atoms with Crippen molar-refractivity contribution in [1.82, 2.24) is 0 Å². The predicted molar refractivity (Wildman–Crippen MR) is 38.8 cm³/mol. The lowest BCUT2D eigenvalue weighted by atomic mass is 10.1. The average molecular weight is 143 g/mol. The Balaban J connectivity index is 2.03. The fraction of sp³-hybridized carbons (Fsp3) is 0.833. The Morgan fingerprint density at radius 3 is 3.56 bits per heavy atom. The van der Waals surface area contributed by atoms with E-state index in [9.17, 15) is 0 Å². The summed E-state index contributed by atoms with van der Waals surface area (Å²) in [5.41, 5.74) is 2.28. The van der Waals surface area contributed by atoms with Crippen LogP contribution in [0.5, 0.6) is 0 Å². The van der Waals surface area contributed by atoms with E-state index >= 15 is 0 Å². The molecule has 2 nitrogen and oxygen atoms in total. The van der Waals surface area contributed by atoms with Crippen LogP contribution in [0.4, 0.5) is 0 Å². The minimum Gasteiger partial charge on any atom is -0.365 e. The molecule has 50 valence electrons. The van der Waals surface area contributed by atoms with Crippen molar-refractivity contribution < 1.29 is 4.74 Å². The molecule has 1 saturated heterocycles. The van der Waals surface area contributed by atoms with Crippen LogP contribution in [-0.2, 0) is 4.74 Å². The predicted octanol–water partition coefficient (Wildman–Crippen LogP) is 1.27. The van der Waals surface area contributed by atoms with Gasteiger partial charge in [0.25, 0.3) is 0 Å². The van der Waals surface area contributed by atoms with Crippen LogP contribution in [0.25, 0.3) is 0 Å². The lowest BCUT2D eigenvalue weighted by molar-refractivity contribution is 0.0615. The summed E-state index contributed by atoms with van der Waals surface area (Å²) in [5, 5.41) is 0. The summed E-state index contributed by atoms with van der Waals surface area (Å²) in [5.74, 6) is 0. The molecule has 2 atom stereocenters. The second-order valence-corrected chi connectivity index (χ2v) is 3.29. The van der Waals surface area contributed by atoms with Crippen LogP contribution in [0.1, 0.15) is 12.8 Å². The van der Waals surface area contributed by atoms with Gasteiger partial charge < -0.3 is 4.74 Å². The van der Waals surface area contributed by atoms with Gasteiger partial charge in [-0.25, -0.2) is 0 Å². The van der Waals surface area contributed by atoms with E-state index < -0.39 is 0 Å². The zero-order valence-corrected chi connectivity index (χ0v) is 5.93. The number of aliphatic imine (C=N–C) groups is 1. The highest BCUT2D eigenvalue weighted by atomic mass is 32.2. The van der Waals surface area contributed by atoms with Gasteiger partial charge in [-0.05, 0) is 12.8 Å². The van der Waals surface area contributed by atoms with Gasteiger partial charge in [-0.15, -0.1) is 0 Å². The first kappa shape index (κ1) is 5.74. The third-order valence-electron chi connectivity index (χ3n) is 1.69. The van der Waals surface area contributed by atoms with E-state index in [1.54, 1.807) is 11.8 Å². The second-order valence-electron chi connectivity index (χ2n) is 2.34. The molecule has 0 radical (unpaired) electrons. The molecular formula is C6H9NOS. The van der Waals surface area contributed by atoms with Gasteiger partial charge >= 0.3 is 0 Å². The molecule has 0 aromatic rings. The maximum atomic E-state index is 5.44. The second kappa shape index (κ2) is 2.31. The van der Waals surface area contributed by atoms with Gasteiger partial charge in [-0.2, -0.15) is 0 Å². The standard InChI is InChI=1S/C6H9NOS/c1-2-5-6(8-3-1)9-4-7-5/h4-6H,1-3H2. The molecule has 9 heavy (non-hydrogen) atoms. The number of rotatable bonds is 0. The monoisotopic (exact) mass is 143 g/mol. The first-order chi connectivity index (χ1) is 4.47. The summed E-state index contributed by atoms with van der Waals surface area (Å²) in [6.45, 7) is 0.928. The molecule has 2 unspecified atom stereocenters. The van der Waals surface area contributed by atoms with Gasteiger partial charge in [0.2, 0.25) is 0 Å². The summed E-state index contributed by atoms with van der Waals surface area (Å²) < 4.78 is 5.44. The number of thioether (sulfide) groups is 1. The van der Waals surface area contributed by atoms with Crippen molar-refractivity contribution in [2.24, 2.45) is 4.99 Å². The maximum absolute atomic E-state index is 5.44. The van der Waals surface area contributed by atoms with Crippen LogP contribution in [-0.4, -0.2) is 23.6 Å². The molecule has 2 aliphatic rings. The number of hydrogen-bond acceptors (Lipinski definition) is 3. The van der Waals surface area contributed by atoms with Crippen molar-refractivity contribution in [3.63, 3.8) is 0 Å². The molecule has 0 aromatic carbocycles. The van der Waals surface area contributed by atoms with Crippen molar-refractivity contribution >= 4 is 17.3 Å². The Bertz CT molecular complexity index is 137. The van der Waals surface area contributed by atoms with Crippen LogP contribution in [0.15, 0.2) is 4.99 Å². The number of fused-ring (bicyclic) bond motifs is 1. The van der Waals surface area contributed by atoms with Crippen LogP contribution in [0.2, 0.25) is 0 Å². The molecular weight excluding hydrogens is 134 g/mol. The van der Waals surface area contributed by atoms with E-state index in [2.05, 4.69) is 4.99 Å². The van der Waals surface area contributed by atoms with Crippen molar-refractivity contribution in [2.75, 3.05) is 6.61 Å². The third kappa shape index (κ3) is 0.990. The molecule has 0 spiro atoms. The topological polar surface area (TPSA) is 21.6 Å². The van der Waals surface area contributed by atoms with E-state index in [0.29, 0.717) is 11.5 Å². The summed E-state index contributed by atoms with van der Waals surface area (Å²) in [6.07, 6.45) is 2.40. The average Bonchev–Trinajstić information content (AvgIpc) is 2.33. The van der Waals surface area contributed by atoms with Crippen LogP contribution in [0.3, 0.4) is 0 Å². The highest BCUT2D eigenvalue weighted by Crippen LogP contribution is 2.29. The van der Waals surface area contributed by atoms with Crippen LogP contribution in [0, 0.1) is 0 Å². The van der Waals surface area contributed by atoms with Crippen molar-refractivity contribution in [2.45, 2.75) is 24.3 Å². The Morgan fingerprint density at radius 2 is 2.67 bits per heavy atom. The fourth-order valence-corrected chi connectivity index (χ4v) is 2.10. The Labute approximate surface area is 58.7 Å². The molecule has 0 aromatic heterocycles. The quantitative estimate of drug-likeness (QED) is 0.509. The fourth-order valence-electron chi connectivity index (χ4n) is 1.19. The Morgan fingerprint density at radius 1 is 1.67 bits per heavy atom. The molecule has 0 aliphatic carbocycles. The van der Waals surface area contributed by atoms with E-state index in [4.69, 9.17) is 4.74 Å². The summed E-state index contributed by atoms with van der Waals surface area (Å²) in [7, 11) is 0. The van der Waals surface area contributed by atoms with Gasteiger partial charge in [-0.3, -0.25) is 4.99 Å². The van der Waals surface area contributed by atoms with Crippen molar-refractivity contribution in [3.05, 3.63) is 0 Å². The zero-order chi connectivity index (χ0) is 6.10. The molecule has 0 N–H and O–H groups in total. The van der Waals surface area contributed by atoms with E-state index in [1.165, 1.54) is 12.8 Å². The Hall–Kier alpha value is -0.0200. The SMILES string of the molecule is C1=NC2CCCOC2S1. The largest absolute Gasteiger partial charge is 0.365 e. The van der Waals surface area contributed by atoms with Crippen LogP contribution < -0.4 is 0 Å². The van der Waals surface area contributed by atoms with Gasteiger partial charge in [-0.1, -0.05) is 11.8 Å². The normalized spacial score (nSPS) is 40.9. The van der Waals surface area contributed by atoms with E-state index in [0.717, 1.165) is 6.61 Å². The van der Waals surface area contributed by atoms with Crippen molar-refractivity contribution in [1.29, 1.82) is 0 Å². The van der Waals surface area contributed by atoms with E-state index in [1.807, 2.05) is 5.55 Å². The Kier molecular flexibility index (Phi) is 1.47. The third-order valence-corrected chi connectivity index (χ3v) is 2.65. The number of hydrogen-bond donors (Lipinski definition) is 0. The minimum absolute atomic E-state index is 0.360. The van der Waals surface area contributed by atoms with Gasteiger partial charge in [0, 0.05) is 6.61 Å². The van der Waals surface area contributed by atoms with Gasteiger partial charge in [0.15, 0.2) is 0 Å². The molecule has 3 heteroatoms. The minimum atomic E-state index is 0.360. The summed E-state index contributed by atoms with van der Waals surface area (Å²) in [4.78, 5) is 4.27. The first-order valence-electron chi connectivity index (χ1n) is 3.25. The first-order valence-corrected chi connectivity index (χ1v) is 4.20.